The van der Waals surface area contributed by atoms with Gasteiger partial charge in [-0.1, -0.05) is 34.8 Å². The SMILES string of the molecule is COC1C=C(Cl)C(Cl)=CC1(O)Cl. The molecule has 2 nitrogen and oxygen atoms in total. The predicted octanol–water partition coefficient (Wildman–Crippen LogP) is 2.19. The van der Waals surface area contributed by atoms with Crippen LogP contribution in [0.4, 0.5) is 0 Å². The smallest absolute Gasteiger partial charge is 0.189 e. The molecule has 0 heterocycles. The van der Waals surface area contributed by atoms with Gasteiger partial charge >= 0.3 is 0 Å². The van der Waals surface area contributed by atoms with Gasteiger partial charge in [-0.15, -0.1) is 0 Å². The molecule has 1 rings (SSSR count). The number of hydrogen-bond acceptors (Lipinski definition) is 2. The molecule has 12 heavy (non-hydrogen) atoms. The molecule has 0 aromatic rings. The highest BCUT2D eigenvalue weighted by molar-refractivity contribution is 6.44. The molecule has 0 amide bonds. The van der Waals surface area contributed by atoms with Crippen LogP contribution in [0, 0.1) is 0 Å². The second-order valence-electron chi connectivity index (χ2n) is 2.39. The zero-order valence-corrected chi connectivity index (χ0v) is 8.49. The molecule has 0 aliphatic heterocycles. The molecule has 5 heteroatoms. The Morgan fingerprint density at radius 1 is 1.50 bits per heavy atom. The van der Waals surface area contributed by atoms with Crippen molar-refractivity contribution in [1.29, 1.82) is 0 Å². The van der Waals surface area contributed by atoms with Crippen LogP contribution in [0.25, 0.3) is 0 Å². The summed E-state index contributed by atoms with van der Waals surface area (Å²) in [6.45, 7) is 0. The monoisotopic (exact) mass is 228 g/mol. The van der Waals surface area contributed by atoms with Gasteiger partial charge in [-0.05, 0) is 12.2 Å². The van der Waals surface area contributed by atoms with E-state index in [2.05, 4.69) is 0 Å². The highest BCUT2D eigenvalue weighted by Crippen LogP contribution is 2.34. The third kappa shape index (κ3) is 1.95. The Morgan fingerprint density at radius 3 is 2.58 bits per heavy atom. The molecule has 0 fully saturated rings. The summed E-state index contributed by atoms with van der Waals surface area (Å²) >= 11 is 17.0. The predicted molar refractivity (Wildman–Crippen MR) is 49.5 cm³/mol. The zero-order chi connectivity index (χ0) is 9.35. The van der Waals surface area contributed by atoms with E-state index in [1.54, 1.807) is 0 Å². The largest absolute Gasteiger partial charge is 0.373 e. The van der Waals surface area contributed by atoms with Gasteiger partial charge in [-0.25, -0.2) is 0 Å². The molecule has 0 saturated heterocycles. The number of ether oxygens (including phenoxy) is 1. The van der Waals surface area contributed by atoms with Crippen LogP contribution < -0.4 is 0 Å². The molecule has 68 valence electrons. The highest BCUT2D eigenvalue weighted by atomic mass is 35.5. The Labute approximate surface area is 85.4 Å². The van der Waals surface area contributed by atoms with Gasteiger partial charge in [0, 0.05) is 7.11 Å². The maximum Gasteiger partial charge on any atom is 0.189 e. The minimum atomic E-state index is -1.61. The number of allylic oxidation sites excluding steroid dienone is 2. The van der Waals surface area contributed by atoms with Gasteiger partial charge in [-0.3, -0.25) is 0 Å². The molecule has 2 atom stereocenters. The first kappa shape index (κ1) is 10.4. The number of rotatable bonds is 1. The van der Waals surface area contributed by atoms with Crippen molar-refractivity contribution >= 4 is 34.8 Å². The van der Waals surface area contributed by atoms with Gasteiger partial charge < -0.3 is 9.84 Å². The van der Waals surface area contributed by atoms with E-state index >= 15 is 0 Å². The van der Waals surface area contributed by atoms with Crippen molar-refractivity contribution in [3.8, 4) is 0 Å². The first-order chi connectivity index (χ1) is 5.47. The molecule has 0 bridgehead atoms. The standard InChI is InChI=1S/C7H7Cl3O2/c1-12-6-2-4(8)5(9)3-7(6,10)11/h2-3,6,11H,1H3. The quantitative estimate of drug-likeness (QED) is 0.699. The molecule has 1 aliphatic rings. The van der Waals surface area contributed by atoms with Gasteiger partial charge in [0.25, 0.3) is 0 Å². The van der Waals surface area contributed by atoms with E-state index in [0.29, 0.717) is 5.03 Å². The van der Waals surface area contributed by atoms with E-state index in [9.17, 15) is 5.11 Å². The molecule has 0 saturated carbocycles. The third-order valence-electron chi connectivity index (χ3n) is 1.51. The number of hydrogen-bond donors (Lipinski definition) is 1. The summed E-state index contributed by atoms with van der Waals surface area (Å²) in [6.07, 6.45) is 2.03. The van der Waals surface area contributed by atoms with Crippen LogP contribution in [0.2, 0.25) is 0 Å². The maximum atomic E-state index is 9.50. The van der Waals surface area contributed by atoms with Crippen LogP contribution in [-0.2, 0) is 4.74 Å². The van der Waals surface area contributed by atoms with E-state index in [1.807, 2.05) is 0 Å². The Balaban J connectivity index is 2.97. The first-order valence-corrected chi connectivity index (χ1v) is 4.31. The van der Waals surface area contributed by atoms with Crippen molar-refractivity contribution in [2.75, 3.05) is 7.11 Å². The second kappa shape index (κ2) is 3.56. The van der Waals surface area contributed by atoms with Crippen LogP contribution >= 0.6 is 34.8 Å². The lowest BCUT2D eigenvalue weighted by molar-refractivity contribution is 0.0151. The number of alkyl halides is 1. The lowest BCUT2D eigenvalue weighted by Gasteiger charge is -2.27. The van der Waals surface area contributed by atoms with E-state index in [1.165, 1.54) is 19.3 Å². The van der Waals surface area contributed by atoms with Gasteiger partial charge in [0.2, 0.25) is 0 Å². The summed E-state index contributed by atoms with van der Waals surface area (Å²) in [6, 6.07) is 0. The number of halogens is 3. The lowest BCUT2D eigenvalue weighted by Crippen LogP contribution is -2.36. The zero-order valence-electron chi connectivity index (χ0n) is 6.22. The minimum absolute atomic E-state index is 0.225. The van der Waals surface area contributed by atoms with Crippen LogP contribution in [0.1, 0.15) is 0 Å². The fourth-order valence-electron chi connectivity index (χ4n) is 0.892. The average Bonchev–Trinajstić information content (AvgIpc) is 1.96. The van der Waals surface area contributed by atoms with Gasteiger partial charge in [0.15, 0.2) is 5.06 Å². The van der Waals surface area contributed by atoms with Crippen LogP contribution in [0.5, 0.6) is 0 Å². The van der Waals surface area contributed by atoms with Crippen LogP contribution in [-0.4, -0.2) is 23.4 Å². The van der Waals surface area contributed by atoms with Gasteiger partial charge in [0.05, 0.1) is 10.1 Å². The van der Waals surface area contributed by atoms with Crippen molar-refractivity contribution in [3.63, 3.8) is 0 Å². The Morgan fingerprint density at radius 2 is 2.08 bits per heavy atom. The topological polar surface area (TPSA) is 29.5 Å². The van der Waals surface area contributed by atoms with E-state index in [0.717, 1.165) is 0 Å². The Kier molecular flexibility index (Phi) is 3.07. The molecular formula is C7H7Cl3O2. The average molecular weight is 229 g/mol. The summed E-state index contributed by atoms with van der Waals surface area (Å²) in [5.41, 5.74) is 0. The lowest BCUT2D eigenvalue weighted by atomic mass is 10.1. The van der Waals surface area contributed by atoms with Gasteiger partial charge in [-0.2, -0.15) is 0 Å². The van der Waals surface area contributed by atoms with Crippen molar-refractivity contribution < 1.29 is 9.84 Å². The highest BCUT2D eigenvalue weighted by Gasteiger charge is 2.35. The van der Waals surface area contributed by atoms with Gasteiger partial charge in [0.1, 0.15) is 6.10 Å². The van der Waals surface area contributed by atoms with Crippen LogP contribution in [0.15, 0.2) is 22.2 Å². The van der Waals surface area contributed by atoms with E-state index in [-0.39, 0.29) is 5.03 Å². The molecule has 0 spiro atoms. The second-order valence-corrected chi connectivity index (χ2v) is 3.81. The van der Waals surface area contributed by atoms with Crippen molar-refractivity contribution in [2.45, 2.75) is 11.2 Å². The molecule has 1 N–H and O–H groups in total. The van der Waals surface area contributed by atoms with E-state index in [4.69, 9.17) is 39.5 Å². The molecule has 1 aliphatic carbocycles. The third-order valence-corrected chi connectivity index (χ3v) is 2.57. The number of methoxy groups -OCH3 is 1. The van der Waals surface area contributed by atoms with Crippen molar-refractivity contribution in [2.24, 2.45) is 0 Å². The summed E-state index contributed by atoms with van der Waals surface area (Å²) in [7, 11) is 1.42. The van der Waals surface area contributed by atoms with Crippen molar-refractivity contribution in [3.05, 3.63) is 22.2 Å². The Bertz CT molecular complexity index is 245. The summed E-state index contributed by atoms with van der Waals surface area (Å²) in [4.78, 5) is 0. The first-order valence-electron chi connectivity index (χ1n) is 3.17. The van der Waals surface area contributed by atoms with Crippen molar-refractivity contribution in [1.82, 2.24) is 0 Å². The molecular weight excluding hydrogens is 222 g/mol. The minimum Gasteiger partial charge on any atom is -0.373 e. The van der Waals surface area contributed by atoms with Crippen LogP contribution in [0.3, 0.4) is 0 Å². The fraction of sp³-hybridized carbons (Fsp3) is 0.429. The summed E-state index contributed by atoms with van der Waals surface area (Å²) in [5.74, 6) is 0. The maximum absolute atomic E-state index is 9.50. The Hall–Kier alpha value is 0.270. The molecule has 0 radical (unpaired) electrons. The molecule has 0 aromatic heterocycles. The van der Waals surface area contributed by atoms with E-state index < -0.39 is 11.2 Å². The summed E-state index contributed by atoms with van der Waals surface area (Å²) < 4.78 is 4.88. The fourth-order valence-corrected chi connectivity index (χ4v) is 1.61. The number of aliphatic hydroxyl groups is 1. The summed E-state index contributed by atoms with van der Waals surface area (Å²) in [5, 5.41) is 8.44. The molecule has 0 aromatic carbocycles. The normalized spacial score (nSPS) is 35.9. The molecule has 2 unspecified atom stereocenters.